The van der Waals surface area contributed by atoms with Gasteiger partial charge in [0, 0.05) is 17.7 Å². The number of nitrogens with zero attached hydrogens (tertiary/aromatic N) is 5. The van der Waals surface area contributed by atoms with Crippen molar-refractivity contribution in [2.24, 2.45) is 0 Å². The van der Waals surface area contributed by atoms with Crippen LogP contribution in [-0.2, 0) is 21.4 Å². The maximum atomic E-state index is 13.7. The summed E-state index contributed by atoms with van der Waals surface area (Å²) in [5.74, 6) is 1.39. The van der Waals surface area contributed by atoms with Gasteiger partial charge in [0.2, 0.25) is 5.91 Å². The Morgan fingerprint density at radius 3 is 2.55 bits per heavy atom. The molecule has 0 unspecified atom stereocenters. The SMILES string of the molecule is CCc1ncc(OC)c(Nc2nn(C(=O)OC(C)(C)C)c3cc([C@@H]4C[C@@]45C(=O)N(C(=O)O)c4ccc(OC)cc45)ccc23)n1. The molecule has 4 aromatic rings. The van der Waals surface area contributed by atoms with Gasteiger partial charge in [-0.1, -0.05) is 13.0 Å². The molecule has 0 saturated heterocycles. The molecule has 2 amide bonds. The smallest absolute Gasteiger partial charge is 0.435 e. The van der Waals surface area contributed by atoms with Crippen LogP contribution in [0.1, 0.15) is 57.0 Å². The highest BCUT2D eigenvalue weighted by Gasteiger charge is 2.68. The number of anilines is 3. The molecule has 6 rings (SSSR count). The third kappa shape index (κ3) is 4.55. The summed E-state index contributed by atoms with van der Waals surface area (Å²) in [5, 5.41) is 18.2. The van der Waals surface area contributed by atoms with E-state index in [0.29, 0.717) is 64.0 Å². The first-order valence-electron chi connectivity index (χ1n) is 14.1. The first kappa shape index (κ1) is 28.9. The quantitative estimate of drug-likeness (QED) is 0.293. The summed E-state index contributed by atoms with van der Waals surface area (Å²) < 4.78 is 17.7. The van der Waals surface area contributed by atoms with Gasteiger partial charge >= 0.3 is 12.2 Å². The molecule has 2 atom stereocenters. The summed E-state index contributed by atoms with van der Waals surface area (Å²) >= 11 is 0. The van der Waals surface area contributed by atoms with E-state index >= 15 is 0 Å². The number of carbonyl (C=O) groups is 3. The van der Waals surface area contributed by atoms with E-state index in [4.69, 9.17) is 14.2 Å². The molecule has 2 aromatic heterocycles. The average Bonchev–Trinajstić information content (AvgIpc) is 3.57. The Morgan fingerprint density at radius 1 is 1.11 bits per heavy atom. The van der Waals surface area contributed by atoms with Crippen LogP contribution in [0.25, 0.3) is 10.9 Å². The Kier molecular flexibility index (Phi) is 6.71. The summed E-state index contributed by atoms with van der Waals surface area (Å²) in [4.78, 5) is 48.8. The number of hydrogen-bond acceptors (Lipinski definition) is 10. The van der Waals surface area contributed by atoms with Gasteiger partial charge < -0.3 is 24.6 Å². The van der Waals surface area contributed by atoms with Crippen LogP contribution in [0.4, 0.5) is 26.9 Å². The summed E-state index contributed by atoms with van der Waals surface area (Å²) in [7, 11) is 3.02. The molecule has 1 aliphatic heterocycles. The lowest BCUT2D eigenvalue weighted by atomic mass is 9.91. The number of methoxy groups -OCH3 is 2. The minimum absolute atomic E-state index is 0.322. The summed E-state index contributed by atoms with van der Waals surface area (Å²) in [6, 6.07) is 10.4. The van der Waals surface area contributed by atoms with E-state index in [1.807, 2.05) is 19.1 Å². The second-order valence-electron chi connectivity index (χ2n) is 11.7. The van der Waals surface area contributed by atoms with Crippen LogP contribution < -0.4 is 19.7 Å². The molecule has 2 aromatic carbocycles. The standard InChI is InChI=1S/C31H32N6O7/c1-7-24-32-15-23(43-6)26(33-24)34-25-18-10-8-16(12-22(18)37(35-25)29(41)44-30(2,3)4)20-14-31(20)19-13-17(42-5)9-11-21(19)36(27(31)38)28(39)40/h8-13,15,20H,7,14H2,1-6H3,(H,39,40)(H,32,33,34,35)/t20-,31-/m0/s1. The van der Waals surface area contributed by atoms with Crippen molar-refractivity contribution in [1.82, 2.24) is 19.7 Å². The monoisotopic (exact) mass is 600 g/mol. The van der Waals surface area contributed by atoms with E-state index in [2.05, 4.69) is 20.4 Å². The van der Waals surface area contributed by atoms with Crippen molar-refractivity contribution in [2.45, 2.75) is 57.5 Å². The van der Waals surface area contributed by atoms with Crippen LogP contribution in [0.5, 0.6) is 11.5 Å². The highest BCUT2D eigenvalue weighted by Crippen LogP contribution is 2.67. The molecule has 1 fully saturated rings. The van der Waals surface area contributed by atoms with Crippen molar-refractivity contribution in [2.75, 3.05) is 24.4 Å². The summed E-state index contributed by atoms with van der Waals surface area (Å²) in [5.41, 5.74) is 0.250. The predicted molar refractivity (Wildman–Crippen MR) is 160 cm³/mol. The van der Waals surface area contributed by atoms with Crippen LogP contribution in [0, 0.1) is 0 Å². The molecule has 2 N–H and O–H groups in total. The molecule has 228 valence electrons. The predicted octanol–water partition coefficient (Wildman–Crippen LogP) is 5.38. The van der Waals surface area contributed by atoms with Crippen molar-refractivity contribution in [1.29, 1.82) is 0 Å². The molecule has 1 spiro atoms. The molecule has 2 aliphatic rings. The molecule has 0 bridgehead atoms. The Bertz CT molecular complexity index is 1850. The number of hydrogen-bond donors (Lipinski definition) is 2. The molecule has 44 heavy (non-hydrogen) atoms. The first-order chi connectivity index (χ1) is 20.9. The molecular formula is C31H32N6O7. The van der Waals surface area contributed by atoms with Gasteiger partial charge in [0.1, 0.15) is 17.2 Å². The maximum absolute atomic E-state index is 13.7. The second kappa shape index (κ2) is 10.2. The first-order valence-corrected chi connectivity index (χ1v) is 14.1. The molecule has 1 saturated carbocycles. The van der Waals surface area contributed by atoms with E-state index in [0.717, 1.165) is 10.5 Å². The number of aryl methyl sites for hydroxylation is 1. The zero-order valence-electron chi connectivity index (χ0n) is 25.2. The van der Waals surface area contributed by atoms with Crippen LogP contribution in [0.3, 0.4) is 0 Å². The Labute approximate surface area is 252 Å². The van der Waals surface area contributed by atoms with Gasteiger partial charge in [-0.2, -0.15) is 4.68 Å². The number of carboxylic acid groups (broad SMARTS) is 1. The lowest BCUT2D eigenvalue weighted by Gasteiger charge is -2.19. The van der Waals surface area contributed by atoms with Gasteiger partial charge in [0.25, 0.3) is 0 Å². The van der Waals surface area contributed by atoms with E-state index < -0.39 is 29.1 Å². The van der Waals surface area contributed by atoms with Gasteiger partial charge in [-0.3, -0.25) is 4.79 Å². The van der Waals surface area contributed by atoms with Crippen molar-refractivity contribution >= 4 is 46.3 Å². The number of nitrogens with one attached hydrogen (secondary N) is 1. The molecule has 13 heteroatoms. The van der Waals surface area contributed by atoms with Gasteiger partial charge in [0.05, 0.1) is 37.0 Å². The second-order valence-corrected chi connectivity index (χ2v) is 11.7. The number of carbonyl (C=O) groups excluding carboxylic acids is 2. The zero-order valence-corrected chi connectivity index (χ0v) is 25.2. The fourth-order valence-electron chi connectivity index (χ4n) is 5.82. The lowest BCUT2D eigenvalue weighted by Crippen LogP contribution is -2.36. The number of imide groups is 1. The van der Waals surface area contributed by atoms with Crippen molar-refractivity contribution in [3.05, 3.63) is 59.5 Å². The highest BCUT2D eigenvalue weighted by atomic mass is 16.6. The summed E-state index contributed by atoms with van der Waals surface area (Å²) in [6.45, 7) is 7.22. The van der Waals surface area contributed by atoms with Gasteiger partial charge in [0.15, 0.2) is 17.4 Å². The molecular weight excluding hydrogens is 568 g/mol. The number of rotatable bonds is 6. The Hall–Kier alpha value is -5.20. The lowest BCUT2D eigenvalue weighted by molar-refractivity contribution is -0.119. The number of amides is 2. The van der Waals surface area contributed by atoms with Gasteiger partial charge in [-0.05, 0) is 68.7 Å². The number of benzene rings is 2. The van der Waals surface area contributed by atoms with E-state index in [1.165, 1.54) is 18.9 Å². The van der Waals surface area contributed by atoms with E-state index in [9.17, 15) is 19.5 Å². The number of ether oxygens (including phenoxy) is 3. The normalized spacial score (nSPS) is 18.8. The van der Waals surface area contributed by atoms with Crippen molar-refractivity contribution in [3.63, 3.8) is 0 Å². The molecule has 3 heterocycles. The Morgan fingerprint density at radius 2 is 1.89 bits per heavy atom. The van der Waals surface area contributed by atoms with Crippen LogP contribution in [0.2, 0.25) is 0 Å². The van der Waals surface area contributed by atoms with Gasteiger partial charge in [-0.15, -0.1) is 5.10 Å². The number of fused-ring (bicyclic) bond motifs is 3. The minimum atomic E-state index is -1.34. The van der Waals surface area contributed by atoms with Crippen LogP contribution in [-0.4, -0.2) is 62.8 Å². The maximum Gasteiger partial charge on any atom is 0.435 e. The molecule has 13 nitrogen and oxygen atoms in total. The third-order valence-electron chi connectivity index (χ3n) is 7.91. The topological polar surface area (TPSA) is 158 Å². The third-order valence-corrected chi connectivity index (χ3v) is 7.91. The molecule has 0 radical (unpaired) electrons. The van der Waals surface area contributed by atoms with Gasteiger partial charge in [-0.25, -0.2) is 24.5 Å². The zero-order chi connectivity index (χ0) is 31.6. The largest absolute Gasteiger partial charge is 0.497 e. The highest BCUT2D eigenvalue weighted by molar-refractivity contribution is 6.22. The Balaban J connectivity index is 1.45. The fraction of sp³-hybridized carbons (Fsp3) is 0.355. The minimum Gasteiger partial charge on any atom is -0.497 e. The van der Waals surface area contributed by atoms with Crippen LogP contribution in [0.15, 0.2) is 42.6 Å². The van der Waals surface area contributed by atoms with E-state index in [1.54, 1.807) is 51.2 Å². The summed E-state index contributed by atoms with van der Waals surface area (Å²) in [6.07, 6.45) is 0.532. The fourth-order valence-corrected chi connectivity index (χ4v) is 5.82. The number of aromatic nitrogens is 4. The molecule has 1 aliphatic carbocycles. The van der Waals surface area contributed by atoms with Crippen molar-refractivity contribution in [3.8, 4) is 11.5 Å². The average molecular weight is 601 g/mol. The van der Waals surface area contributed by atoms with Crippen LogP contribution >= 0.6 is 0 Å². The van der Waals surface area contributed by atoms with E-state index in [-0.39, 0.29) is 5.92 Å². The van der Waals surface area contributed by atoms with Crippen molar-refractivity contribution < 1.29 is 33.7 Å².